The quantitative estimate of drug-likeness (QED) is 0.0966. The molecule has 0 bridgehead atoms. The van der Waals surface area contributed by atoms with E-state index in [0.717, 1.165) is 12.8 Å². The Labute approximate surface area is 219 Å². The lowest BCUT2D eigenvalue weighted by Crippen LogP contribution is -2.28. The maximum absolute atomic E-state index is 11.4. The number of carboxylic acids is 1. The number of anilines is 4. The number of carbonyl (C=O) groups excluding carboxylic acids is 1. The van der Waals surface area contributed by atoms with Crippen LogP contribution in [0.3, 0.4) is 0 Å². The van der Waals surface area contributed by atoms with E-state index in [1.807, 2.05) is 6.07 Å². The number of nitrogens with zero attached hydrogens (tertiary/aromatic N) is 3. The van der Waals surface area contributed by atoms with Crippen LogP contribution in [-0.4, -0.2) is 72.7 Å². The van der Waals surface area contributed by atoms with Crippen molar-refractivity contribution in [1.82, 2.24) is 9.97 Å². The van der Waals surface area contributed by atoms with E-state index < -0.39 is 11.9 Å². The third-order valence-electron chi connectivity index (χ3n) is 5.36. The van der Waals surface area contributed by atoms with Crippen LogP contribution in [0.1, 0.15) is 31.2 Å². The second-order valence-electron chi connectivity index (χ2n) is 8.15. The fourth-order valence-corrected chi connectivity index (χ4v) is 3.41. The molecule has 38 heavy (non-hydrogen) atoms. The predicted octanol–water partition coefficient (Wildman–Crippen LogP) is 1.77. The fourth-order valence-electron chi connectivity index (χ4n) is 3.41. The number of nitrogens with one attached hydrogen (secondary N) is 3. The molecule has 0 spiro atoms. The highest BCUT2D eigenvalue weighted by Gasteiger charge is 2.19. The van der Waals surface area contributed by atoms with Crippen LogP contribution in [0, 0.1) is 11.3 Å². The standard InChI is InChI=1S/C24H31N7O7/c25-14-16-1-2-20(27-15-16)29-23-18(31-26)13-19(24(30-23)28-17-5-7-35-8-6-17)37-11-9-36-10-12-38-22(34)4-3-21(32)33/h1-2,13,15,17,31H,3-12,26H2,(H,32,33)(H2,27,28,29,30). The topological polar surface area (TPSA) is 203 Å². The molecule has 2 aromatic heterocycles. The number of esters is 1. The van der Waals surface area contributed by atoms with E-state index >= 15 is 0 Å². The summed E-state index contributed by atoms with van der Waals surface area (Å²) in [6.45, 7) is 1.84. The molecule has 6 N–H and O–H groups in total. The van der Waals surface area contributed by atoms with Crippen LogP contribution in [-0.2, 0) is 23.8 Å². The Hall–Kier alpha value is -4.19. The number of carbonyl (C=O) groups is 2. The monoisotopic (exact) mass is 529 g/mol. The van der Waals surface area contributed by atoms with Gasteiger partial charge in [-0.15, -0.1) is 0 Å². The average molecular weight is 530 g/mol. The molecule has 2 aromatic rings. The number of hydrogen-bond donors (Lipinski definition) is 5. The van der Waals surface area contributed by atoms with E-state index in [2.05, 4.69) is 26.0 Å². The molecule has 0 saturated carbocycles. The summed E-state index contributed by atoms with van der Waals surface area (Å²) < 4.78 is 21.7. The third-order valence-corrected chi connectivity index (χ3v) is 5.36. The highest BCUT2D eigenvalue weighted by molar-refractivity contribution is 5.76. The van der Waals surface area contributed by atoms with Crippen molar-refractivity contribution in [1.29, 1.82) is 5.26 Å². The summed E-state index contributed by atoms with van der Waals surface area (Å²) in [6.07, 6.45) is 2.62. The van der Waals surface area contributed by atoms with Crippen molar-refractivity contribution in [3.8, 4) is 11.8 Å². The Morgan fingerprint density at radius 2 is 1.95 bits per heavy atom. The van der Waals surface area contributed by atoms with Crippen molar-refractivity contribution in [2.75, 3.05) is 55.7 Å². The smallest absolute Gasteiger partial charge is 0.306 e. The van der Waals surface area contributed by atoms with Gasteiger partial charge in [0, 0.05) is 31.5 Å². The van der Waals surface area contributed by atoms with Crippen LogP contribution in [0.2, 0.25) is 0 Å². The SMILES string of the molecule is N#Cc1ccc(Nc2nc(NC3CCOCC3)c(OCCOCCOC(=O)CCC(=O)O)cc2NN)nc1. The summed E-state index contributed by atoms with van der Waals surface area (Å²) in [5.41, 5.74) is 3.50. The number of carboxylic acid groups (broad SMARTS) is 1. The number of hydrazine groups is 1. The van der Waals surface area contributed by atoms with Crippen LogP contribution in [0.4, 0.5) is 23.1 Å². The lowest BCUT2D eigenvalue weighted by Gasteiger charge is -2.25. The first-order chi connectivity index (χ1) is 18.5. The number of aliphatic carboxylic acids is 1. The second kappa shape index (κ2) is 15.2. The van der Waals surface area contributed by atoms with E-state index in [-0.39, 0.29) is 45.3 Å². The molecule has 1 saturated heterocycles. The molecule has 1 aliphatic rings. The van der Waals surface area contributed by atoms with Crippen molar-refractivity contribution in [3.63, 3.8) is 0 Å². The zero-order chi connectivity index (χ0) is 27.2. The van der Waals surface area contributed by atoms with Gasteiger partial charge in [-0.25, -0.2) is 9.97 Å². The van der Waals surface area contributed by atoms with Crippen molar-refractivity contribution >= 4 is 35.1 Å². The van der Waals surface area contributed by atoms with Gasteiger partial charge in [0.25, 0.3) is 0 Å². The number of rotatable bonds is 15. The molecule has 14 heteroatoms. The second-order valence-corrected chi connectivity index (χ2v) is 8.15. The third kappa shape index (κ3) is 9.36. The van der Waals surface area contributed by atoms with Gasteiger partial charge in [0.2, 0.25) is 0 Å². The van der Waals surface area contributed by atoms with Gasteiger partial charge in [-0.1, -0.05) is 0 Å². The molecule has 0 aliphatic carbocycles. The lowest BCUT2D eigenvalue weighted by atomic mass is 10.1. The van der Waals surface area contributed by atoms with Crippen LogP contribution in [0.25, 0.3) is 0 Å². The van der Waals surface area contributed by atoms with Crippen LogP contribution in [0.15, 0.2) is 24.4 Å². The summed E-state index contributed by atoms with van der Waals surface area (Å²) in [5, 5.41) is 24.1. The van der Waals surface area contributed by atoms with Gasteiger partial charge in [-0.3, -0.25) is 15.4 Å². The molecular formula is C24H31N7O7. The van der Waals surface area contributed by atoms with Gasteiger partial charge in [0.1, 0.15) is 25.1 Å². The van der Waals surface area contributed by atoms with Crippen LogP contribution < -0.4 is 26.6 Å². The normalized spacial score (nSPS) is 13.3. The largest absolute Gasteiger partial charge is 0.487 e. The summed E-state index contributed by atoms with van der Waals surface area (Å²) in [6, 6.07) is 7.17. The highest BCUT2D eigenvalue weighted by Crippen LogP contribution is 2.33. The minimum absolute atomic E-state index is 0.0154. The Morgan fingerprint density at radius 1 is 1.16 bits per heavy atom. The van der Waals surface area contributed by atoms with Gasteiger partial charge >= 0.3 is 11.9 Å². The zero-order valence-electron chi connectivity index (χ0n) is 20.8. The molecule has 3 rings (SSSR count). The zero-order valence-corrected chi connectivity index (χ0v) is 20.8. The molecule has 0 unspecified atom stereocenters. The fraction of sp³-hybridized carbons (Fsp3) is 0.458. The van der Waals surface area contributed by atoms with E-state index in [0.29, 0.717) is 47.7 Å². The number of ether oxygens (including phenoxy) is 4. The minimum Gasteiger partial charge on any atom is -0.487 e. The first kappa shape index (κ1) is 28.4. The summed E-state index contributed by atoms with van der Waals surface area (Å²) in [4.78, 5) is 30.8. The number of hydrogen-bond acceptors (Lipinski definition) is 13. The van der Waals surface area contributed by atoms with Crippen LogP contribution >= 0.6 is 0 Å². The highest BCUT2D eigenvalue weighted by atomic mass is 16.6. The number of nitrogen functional groups attached to an aromatic ring is 1. The lowest BCUT2D eigenvalue weighted by molar-refractivity contribution is -0.148. The van der Waals surface area contributed by atoms with Gasteiger partial charge in [-0.2, -0.15) is 5.26 Å². The predicted molar refractivity (Wildman–Crippen MR) is 136 cm³/mol. The Bertz CT molecular complexity index is 1100. The molecule has 0 aromatic carbocycles. The minimum atomic E-state index is -1.06. The molecule has 0 radical (unpaired) electrons. The van der Waals surface area contributed by atoms with Crippen molar-refractivity contribution in [2.24, 2.45) is 5.84 Å². The number of pyridine rings is 2. The van der Waals surface area contributed by atoms with E-state index in [4.69, 9.17) is 35.2 Å². The molecule has 204 valence electrons. The van der Waals surface area contributed by atoms with E-state index in [1.54, 1.807) is 18.2 Å². The molecule has 0 amide bonds. The Morgan fingerprint density at radius 3 is 2.63 bits per heavy atom. The molecule has 14 nitrogen and oxygen atoms in total. The van der Waals surface area contributed by atoms with Crippen molar-refractivity contribution < 1.29 is 33.6 Å². The molecule has 3 heterocycles. The van der Waals surface area contributed by atoms with Gasteiger partial charge in [0.05, 0.1) is 37.3 Å². The maximum atomic E-state index is 11.4. The Balaban J connectivity index is 1.60. The Kier molecular flexibility index (Phi) is 11.3. The molecule has 0 atom stereocenters. The number of aromatic nitrogens is 2. The average Bonchev–Trinajstić information content (AvgIpc) is 2.93. The summed E-state index contributed by atoms with van der Waals surface area (Å²) >= 11 is 0. The van der Waals surface area contributed by atoms with Crippen molar-refractivity contribution in [3.05, 3.63) is 30.0 Å². The van der Waals surface area contributed by atoms with E-state index in [9.17, 15) is 9.59 Å². The molecule has 1 fully saturated rings. The summed E-state index contributed by atoms with van der Waals surface area (Å²) in [7, 11) is 0. The molecule has 1 aliphatic heterocycles. The van der Waals surface area contributed by atoms with Crippen LogP contribution in [0.5, 0.6) is 5.75 Å². The number of nitriles is 1. The first-order valence-electron chi connectivity index (χ1n) is 12.1. The summed E-state index contributed by atoms with van der Waals surface area (Å²) in [5.74, 6) is 5.94. The number of nitrogens with two attached hydrogens (primary N) is 1. The van der Waals surface area contributed by atoms with Gasteiger partial charge in [0.15, 0.2) is 17.4 Å². The molecular weight excluding hydrogens is 498 g/mol. The van der Waals surface area contributed by atoms with Gasteiger partial charge < -0.3 is 40.1 Å². The van der Waals surface area contributed by atoms with E-state index in [1.165, 1.54) is 6.20 Å². The van der Waals surface area contributed by atoms with Gasteiger partial charge in [-0.05, 0) is 25.0 Å². The van der Waals surface area contributed by atoms with Crippen molar-refractivity contribution in [2.45, 2.75) is 31.7 Å². The first-order valence-corrected chi connectivity index (χ1v) is 12.1. The maximum Gasteiger partial charge on any atom is 0.306 e.